The number of hydrogen-bond acceptors (Lipinski definition) is 1. The Morgan fingerprint density at radius 1 is 0.880 bits per heavy atom. The first-order valence-electron chi connectivity index (χ1n) is 9.32. The Bertz CT molecular complexity index is 783. The van der Waals surface area contributed by atoms with Crippen molar-refractivity contribution in [2.45, 2.75) is 19.3 Å². The Morgan fingerprint density at radius 2 is 1.60 bits per heavy atom. The molecule has 2 aromatic carbocycles. The van der Waals surface area contributed by atoms with E-state index in [1.54, 1.807) is 0 Å². The highest BCUT2D eigenvalue weighted by molar-refractivity contribution is 5.67. The standard InChI is InChI=1S/C24H25N/c1-3-9-21(10-4-1)22-16-14-20(15-17-22)19-25-18-8-7-13-24(25)23-11-5-2-6-12-23/h1-13,16,20H,14-15,17-19H2. The Morgan fingerprint density at radius 3 is 2.28 bits per heavy atom. The van der Waals surface area contributed by atoms with E-state index in [1.807, 2.05) is 0 Å². The van der Waals surface area contributed by atoms with Gasteiger partial charge in [0.05, 0.1) is 0 Å². The third kappa shape index (κ3) is 3.76. The van der Waals surface area contributed by atoms with E-state index >= 15 is 0 Å². The molecule has 1 aliphatic heterocycles. The summed E-state index contributed by atoms with van der Waals surface area (Å²) in [7, 11) is 0. The van der Waals surface area contributed by atoms with Crippen LogP contribution < -0.4 is 0 Å². The Kier molecular flexibility index (Phi) is 4.83. The fourth-order valence-corrected chi connectivity index (χ4v) is 3.89. The second kappa shape index (κ2) is 7.57. The lowest BCUT2D eigenvalue weighted by Crippen LogP contribution is -2.30. The highest BCUT2D eigenvalue weighted by Crippen LogP contribution is 2.32. The summed E-state index contributed by atoms with van der Waals surface area (Å²) in [6.45, 7) is 2.16. The van der Waals surface area contributed by atoms with Crippen molar-refractivity contribution in [3.05, 3.63) is 96.1 Å². The van der Waals surface area contributed by atoms with Crippen molar-refractivity contribution in [3.8, 4) is 0 Å². The predicted octanol–water partition coefficient (Wildman–Crippen LogP) is 5.78. The van der Waals surface area contributed by atoms with Gasteiger partial charge in [-0.25, -0.2) is 0 Å². The summed E-state index contributed by atoms with van der Waals surface area (Å²) >= 11 is 0. The number of nitrogens with zero attached hydrogens (tertiary/aromatic N) is 1. The van der Waals surface area contributed by atoms with Crippen LogP contribution in [0.25, 0.3) is 11.3 Å². The van der Waals surface area contributed by atoms with E-state index in [2.05, 4.69) is 89.9 Å². The lowest BCUT2D eigenvalue weighted by atomic mass is 9.86. The summed E-state index contributed by atoms with van der Waals surface area (Å²) in [6, 6.07) is 21.6. The van der Waals surface area contributed by atoms with Crippen molar-refractivity contribution in [3.63, 3.8) is 0 Å². The van der Waals surface area contributed by atoms with Gasteiger partial charge in [0.25, 0.3) is 0 Å². The number of allylic oxidation sites excluding steroid dienone is 4. The molecule has 1 unspecified atom stereocenters. The minimum Gasteiger partial charge on any atom is -0.367 e. The van der Waals surface area contributed by atoms with E-state index in [0.29, 0.717) is 0 Å². The summed E-state index contributed by atoms with van der Waals surface area (Å²) in [5.41, 5.74) is 5.60. The monoisotopic (exact) mass is 327 g/mol. The van der Waals surface area contributed by atoms with E-state index in [0.717, 1.165) is 19.0 Å². The van der Waals surface area contributed by atoms with Gasteiger partial charge < -0.3 is 4.90 Å². The van der Waals surface area contributed by atoms with E-state index in [4.69, 9.17) is 0 Å². The Balaban J connectivity index is 1.44. The highest BCUT2D eigenvalue weighted by Gasteiger charge is 2.20. The molecule has 1 atom stereocenters. The molecular weight excluding hydrogens is 302 g/mol. The first kappa shape index (κ1) is 16.0. The van der Waals surface area contributed by atoms with E-state index in [-0.39, 0.29) is 0 Å². The molecule has 0 amide bonds. The van der Waals surface area contributed by atoms with Gasteiger partial charge in [-0.15, -0.1) is 0 Å². The molecule has 2 aromatic rings. The lowest BCUT2D eigenvalue weighted by molar-refractivity contribution is 0.328. The van der Waals surface area contributed by atoms with Crippen molar-refractivity contribution >= 4 is 11.3 Å². The van der Waals surface area contributed by atoms with Crippen LogP contribution in [0, 0.1) is 5.92 Å². The summed E-state index contributed by atoms with van der Waals surface area (Å²) < 4.78 is 0. The summed E-state index contributed by atoms with van der Waals surface area (Å²) in [6.07, 6.45) is 12.8. The van der Waals surface area contributed by atoms with Gasteiger partial charge in [0, 0.05) is 18.8 Å². The molecule has 4 rings (SSSR count). The zero-order valence-corrected chi connectivity index (χ0v) is 14.6. The van der Waals surface area contributed by atoms with Crippen LogP contribution in [0.4, 0.5) is 0 Å². The van der Waals surface area contributed by atoms with Gasteiger partial charge in [-0.05, 0) is 48.0 Å². The average Bonchev–Trinajstić information content (AvgIpc) is 2.70. The number of hydrogen-bond donors (Lipinski definition) is 0. The first-order chi connectivity index (χ1) is 12.4. The van der Waals surface area contributed by atoms with Gasteiger partial charge in [-0.3, -0.25) is 0 Å². The van der Waals surface area contributed by atoms with Crippen LogP contribution >= 0.6 is 0 Å². The third-order valence-electron chi connectivity index (χ3n) is 5.27. The maximum absolute atomic E-state index is 2.54. The van der Waals surface area contributed by atoms with Gasteiger partial charge in [0.2, 0.25) is 0 Å². The van der Waals surface area contributed by atoms with Crippen LogP contribution in [0.3, 0.4) is 0 Å². The largest absolute Gasteiger partial charge is 0.367 e. The smallest absolute Gasteiger partial charge is 0.0442 e. The summed E-state index contributed by atoms with van der Waals surface area (Å²) in [4.78, 5) is 2.54. The molecule has 1 aliphatic carbocycles. The van der Waals surface area contributed by atoms with E-state index < -0.39 is 0 Å². The maximum Gasteiger partial charge on any atom is 0.0442 e. The zero-order valence-electron chi connectivity index (χ0n) is 14.6. The predicted molar refractivity (Wildman–Crippen MR) is 107 cm³/mol. The van der Waals surface area contributed by atoms with Crippen LogP contribution in [-0.4, -0.2) is 18.0 Å². The quantitative estimate of drug-likeness (QED) is 0.687. The van der Waals surface area contributed by atoms with Crippen molar-refractivity contribution < 1.29 is 0 Å². The van der Waals surface area contributed by atoms with Gasteiger partial charge >= 0.3 is 0 Å². The van der Waals surface area contributed by atoms with Gasteiger partial charge in [-0.1, -0.05) is 78.9 Å². The van der Waals surface area contributed by atoms with Crippen molar-refractivity contribution in [2.75, 3.05) is 13.1 Å². The molecule has 0 fully saturated rings. The van der Waals surface area contributed by atoms with Crippen LogP contribution in [-0.2, 0) is 0 Å². The lowest BCUT2D eigenvalue weighted by Gasteiger charge is -2.33. The molecule has 0 spiro atoms. The molecule has 0 saturated heterocycles. The molecule has 0 bridgehead atoms. The van der Waals surface area contributed by atoms with E-state index in [9.17, 15) is 0 Å². The molecule has 2 aliphatic rings. The number of rotatable bonds is 4. The molecule has 0 aromatic heterocycles. The topological polar surface area (TPSA) is 3.24 Å². The van der Waals surface area contributed by atoms with Crippen LogP contribution in [0.1, 0.15) is 30.4 Å². The summed E-state index contributed by atoms with van der Waals surface area (Å²) in [5, 5.41) is 0. The van der Waals surface area contributed by atoms with Crippen LogP contribution in [0.5, 0.6) is 0 Å². The molecule has 1 nitrogen and oxygen atoms in total. The van der Waals surface area contributed by atoms with Gasteiger partial charge in [0.15, 0.2) is 0 Å². The molecule has 0 radical (unpaired) electrons. The molecule has 1 heterocycles. The fraction of sp³-hybridized carbons (Fsp3) is 0.250. The maximum atomic E-state index is 2.54. The minimum atomic E-state index is 0.742. The minimum absolute atomic E-state index is 0.742. The van der Waals surface area contributed by atoms with Gasteiger partial charge in [0.1, 0.15) is 0 Å². The molecular formula is C24H25N. The zero-order chi connectivity index (χ0) is 16.9. The Hall–Kier alpha value is -2.54. The fourth-order valence-electron chi connectivity index (χ4n) is 3.89. The van der Waals surface area contributed by atoms with Crippen molar-refractivity contribution in [1.29, 1.82) is 0 Å². The van der Waals surface area contributed by atoms with Crippen molar-refractivity contribution in [2.24, 2.45) is 5.92 Å². The van der Waals surface area contributed by atoms with E-state index in [1.165, 1.54) is 41.7 Å². The SMILES string of the molecule is C1=CCN(CC2CC=C(c3ccccc3)CC2)C(c2ccccc2)=C1. The van der Waals surface area contributed by atoms with Crippen LogP contribution in [0.15, 0.2) is 85.0 Å². The second-order valence-electron chi connectivity index (χ2n) is 6.99. The second-order valence-corrected chi connectivity index (χ2v) is 6.99. The van der Waals surface area contributed by atoms with Crippen molar-refractivity contribution in [1.82, 2.24) is 4.90 Å². The number of benzene rings is 2. The average molecular weight is 327 g/mol. The van der Waals surface area contributed by atoms with Crippen LogP contribution in [0.2, 0.25) is 0 Å². The normalized spacial score (nSPS) is 20.2. The molecule has 25 heavy (non-hydrogen) atoms. The molecule has 1 heteroatoms. The molecule has 0 saturated carbocycles. The Labute approximate surface area is 151 Å². The third-order valence-corrected chi connectivity index (χ3v) is 5.27. The van der Waals surface area contributed by atoms with Gasteiger partial charge in [-0.2, -0.15) is 0 Å². The molecule has 0 N–H and O–H groups in total. The highest BCUT2D eigenvalue weighted by atomic mass is 15.1. The summed E-state index contributed by atoms with van der Waals surface area (Å²) in [5.74, 6) is 0.742. The first-order valence-corrected chi connectivity index (χ1v) is 9.32. The molecule has 126 valence electrons.